The zero-order chi connectivity index (χ0) is 13.9. The van der Waals surface area contributed by atoms with E-state index in [2.05, 4.69) is 15.3 Å². The minimum atomic E-state index is -4.64. The van der Waals surface area contributed by atoms with Gasteiger partial charge in [0, 0.05) is 12.1 Å². The van der Waals surface area contributed by atoms with E-state index in [0.29, 0.717) is 6.42 Å². The van der Waals surface area contributed by atoms with Crippen LogP contribution < -0.4 is 5.32 Å². The highest BCUT2D eigenvalue weighted by molar-refractivity contribution is 6.29. The van der Waals surface area contributed by atoms with E-state index in [1.54, 1.807) is 13.8 Å². The normalized spacial score (nSPS) is 15.3. The van der Waals surface area contributed by atoms with Crippen molar-refractivity contribution in [3.63, 3.8) is 0 Å². The summed E-state index contributed by atoms with van der Waals surface area (Å²) in [6.45, 7) is 3.31. The molecule has 1 aromatic rings. The number of halogens is 4. The number of hydrogen-bond donors (Lipinski definition) is 2. The maximum atomic E-state index is 12.4. The molecule has 0 fully saturated rings. The molecule has 18 heavy (non-hydrogen) atoms. The van der Waals surface area contributed by atoms with Crippen LogP contribution in [0.25, 0.3) is 0 Å². The van der Waals surface area contributed by atoms with Crippen LogP contribution in [0.15, 0.2) is 6.07 Å². The Balaban J connectivity index is 2.87. The van der Waals surface area contributed by atoms with E-state index in [0.717, 1.165) is 0 Å². The van der Waals surface area contributed by atoms with E-state index >= 15 is 0 Å². The molecule has 0 aliphatic heterocycles. The van der Waals surface area contributed by atoms with Gasteiger partial charge in [0.25, 0.3) is 0 Å². The van der Waals surface area contributed by atoms with Crippen LogP contribution in [-0.2, 0) is 6.18 Å². The number of alkyl halides is 3. The molecule has 0 aromatic carbocycles. The molecule has 1 heterocycles. The standard InChI is InChI=1S/C10H13ClF3N3O/c1-5(3-6(2)18)15-8-4-7(11)16-9(17-8)10(12,13)14/h4-6,18H,3H2,1-2H3,(H,15,16,17). The van der Waals surface area contributed by atoms with Crippen LogP contribution in [0.2, 0.25) is 5.15 Å². The van der Waals surface area contributed by atoms with Crippen molar-refractivity contribution in [2.24, 2.45) is 0 Å². The minimum Gasteiger partial charge on any atom is -0.393 e. The lowest BCUT2D eigenvalue weighted by molar-refractivity contribution is -0.144. The molecular formula is C10H13ClF3N3O. The van der Waals surface area contributed by atoms with E-state index < -0.39 is 18.1 Å². The van der Waals surface area contributed by atoms with E-state index in [4.69, 9.17) is 16.7 Å². The summed E-state index contributed by atoms with van der Waals surface area (Å²) in [6.07, 6.45) is -4.83. The SMILES string of the molecule is CC(O)CC(C)Nc1cc(Cl)nc(C(F)(F)F)n1. The summed E-state index contributed by atoms with van der Waals surface area (Å²) in [5.74, 6) is -1.31. The second-order valence-corrected chi connectivity index (χ2v) is 4.41. The highest BCUT2D eigenvalue weighted by atomic mass is 35.5. The summed E-state index contributed by atoms with van der Waals surface area (Å²) >= 11 is 5.50. The Morgan fingerprint density at radius 3 is 2.50 bits per heavy atom. The number of aliphatic hydroxyl groups excluding tert-OH is 1. The van der Waals surface area contributed by atoms with Crippen LogP contribution in [-0.4, -0.2) is 27.2 Å². The van der Waals surface area contributed by atoms with Crippen molar-refractivity contribution in [3.05, 3.63) is 17.0 Å². The first-order chi connectivity index (χ1) is 8.18. The molecule has 4 nitrogen and oxygen atoms in total. The Kier molecular flexibility index (Phi) is 4.75. The van der Waals surface area contributed by atoms with Crippen LogP contribution in [0.5, 0.6) is 0 Å². The lowest BCUT2D eigenvalue weighted by atomic mass is 10.1. The summed E-state index contributed by atoms with van der Waals surface area (Å²) in [5.41, 5.74) is 0. The second-order valence-electron chi connectivity index (χ2n) is 4.03. The molecule has 8 heteroatoms. The zero-order valence-corrected chi connectivity index (χ0v) is 10.5. The Hall–Kier alpha value is -1.08. The van der Waals surface area contributed by atoms with E-state index in [1.807, 2.05) is 0 Å². The maximum Gasteiger partial charge on any atom is 0.451 e. The van der Waals surface area contributed by atoms with Gasteiger partial charge in [0.1, 0.15) is 11.0 Å². The molecule has 0 radical (unpaired) electrons. The summed E-state index contributed by atoms with van der Waals surface area (Å²) in [6, 6.07) is 0.965. The van der Waals surface area contributed by atoms with Gasteiger partial charge >= 0.3 is 6.18 Å². The van der Waals surface area contributed by atoms with E-state index in [1.165, 1.54) is 6.07 Å². The summed E-state index contributed by atoms with van der Waals surface area (Å²) < 4.78 is 37.3. The molecule has 0 aliphatic carbocycles. The Morgan fingerprint density at radius 2 is 2.00 bits per heavy atom. The molecule has 2 unspecified atom stereocenters. The van der Waals surface area contributed by atoms with Crippen molar-refractivity contribution in [2.45, 2.75) is 38.6 Å². The molecule has 0 spiro atoms. The van der Waals surface area contributed by atoms with Gasteiger partial charge in [-0.2, -0.15) is 13.2 Å². The lowest BCUT2D eigenvalue weighted by Crippen LogP contribution is -2.22. The van der Waals surface area contributed by atoms with Gasteiger partial charge in [0.05, 0.1) is 6.10 Å². The minimum absolute atomic E-state index is 0.0181. The van der Waals surface area contributed by atoms with Gasteiger partial charge in [-0.3, -0.25) is 0 Å². The molecule has 0 saturated carbocycles. The summed E-state index contributed by atoms with van der Waals surface area (Å²) in [4.78, 5) is 6.45. The molecule has 0 amide bonds. The molecule has 0 saturated heterocycles. The van der Waals surface area contributed by atoms with E-state index in [9.17, 15) is 13.2 Å². The third kappa shape index (κ3) is 4.66. The monoisotopic (exact) mass is 283 g/mol. The van der Waals surface area contributed by atoms with Crippen LogP contribution in [0, 0.1) is 0 Å². The quantitative estimate of drug-likeness (QED) is 0.834. The van der Waals surface area contributed by atoms with Gasteiger partial charge in [0.15, 0.2) is 0 Å². The third-order valence-corrected chi connectivity index (χ3v) is 2.23. The Labute approximate surface area is 107 Å². The fraction of sp³-hybridized carbons (Fsp3) is 0.600. The topological polar surface area (TPSA) is 58.0 Å². The van der Waals surface area contributed by atoms with Crippen molar-refractivity contribution in [3.8, 4) is 0 Å². The Morgan fingerprint density at radius 1 is 1.39 bits per heavy atom. The number of nitrogens with zero attached hydrogens (tertiary/aromatic N) is 2. The molecule has 1 aromatic heterocycles. The average Bonchev–Trinajstić information content (AvgIpc) is 2.13. The lowest BCUT2D eigenvalue weighted by Gasteiger charge is -2.16. The van der Waals surface area contributed by atoms with Crippen molar-refractivity contribution in [1.29, 1.82) is 0 Å². The fourth-order valence-corrected chi connectivity index (χ4v) is 1.62. The van der Waals surface area contributed by atoms with Crippen LogP contribution >= 0.6 is 11.6 Å². The maximum absolute atomic E-state index is 12.4. The number of aliphatic hydroxyl groups is 1. The average molecular weight is 284 g/mol. The van der Waals surface area contributed by atoms with Gasteiger partial charge in [-0.1, -0.05) is 11.6 Å². The van der Waals surface area contributed by atoms with Gasteiger partial charge in [-0.05, 0) is 20.3 Å². The molecule has 2 atom stereocenters. The third-order valence-electron chi connectivity index (χ3n) is 2.04. The number of hydrogen-bond acceptors (Lipinski definition) is 4. The first-order valence-electron chi connectivity index (χ1n) is 5.25. The predicted octanol–water partition coefficient (Wildman–Crippen LogP) is 2.72. The predicted molar refractivity (Wildman–Crippen MR) is 61.4 cm³/mol. The van der Waals surface area contributed by atoms with Crippen molar-refractivity contribution >= 4 is 17.4 Å². The first kappa shape index (κ1) is 15.0. The Bertz CT molecular complexity index is 412. The zero-order valence-electron chi connectivity index (χ0n) is 9.79. The van der Waals surface area contributed by atoms with Gasteiger partial charge in [-0.15, -0.1) is 0 Å². The summed E-state index contributed by atoms with van der Waals surface area (Å²) in [5, 5.41) is 11.6. The van der Waals surface area contributed by atoms with Gasteiger partial charge < -0.3 is 10.4 Å². The molecule has 102 valence electrons. The van der Waals surface area contributed by atoms with Crippen molar-refractivity contribution in [2.75, 3.05) is 5.32 Å². The highest BCUT2D eigenvalue weighted by Crippen LogP contribution is 2.28. The van der Waals surface area contributed by atoms with Crippen LogP contribution in [0.3, 0.4) is 0 Å². The highest BCUT2D eigenvalue weighted by Gasteiger charge is 2.35. The molecule has 0 aliphatic rings. The van der Waals surface area contributed by atoms with Gasteiger partial charge in [-0.25, -0.2) is 9.97 Å². The van der Waals surface area contributed by atoms with E-state index in [-0.39, 0.29) is 17.0 Å². The van der Waals surface area contributed by atoms with Gasteiger partial charge in [0.2, 0.25) is 5.82 Å². The molecule has 2 N–H and O–H groups in total. The number of rotatable bonds is 4. The van der Waals surface area contributed by atoms with Crippen LogP contribution in [0.4, 0.5) is 19.0 Å². The summed E-state index contributed by atoms with van der Waals surface area (Å²) in [7, 11) is 0. The number of nitrogens with one attached hydrogen (secondary N) is 1. The van der Waals surface area contributed by atoms with Crippen molar-refractivity contribution in [1.82, 2.24) is 9.97 Å². The smallest absolute Gasteiger partial charge is 0.393 e. The molecule has 1 rings (SSSR count). The molecular weight excluding hydrogens is 271 g/mol. The largest absolute Gasteiger partial charge is 0.451 e. The fourth-order valence-electron chi connectivity index (χ4n) is 1.44. The number of anilines is 1. The number of aromatic nitrogens is 2. The van der Waals surface area contributed by atoms with Crippen LogP contribution in [0.1, 0.15) is 26.1 Å². The first-order valence-corrected chi connectivity index (χ1v) is 5.62. The second kappa shape index (κ2) is 5.71. The van der Waals surface area contributed by atoms with Crippen molar-refractivity contribution < 1.29 is 18.3 Å². The molecule has 0 bridgehead atoms.